The van der Waals surface area contributed by atoms with Crippen LogP contribution in [0.2, 0.25) is 0 Å². The zero-order valence-electron chi connectivity index (χ0n) is 14.2. The number of carbonyl (C=O) groups excluding carboxylic acids is 1. The van der Waals surface area contributed by atoms with Crippen molar-refractivity contribution in [1.82, 2.24) is 14.9 Å². The van der Waals surface area contributed by atoms with Crippen molar-refractivity contribution < 1.29 is 4.79 Å². The molecule has 2 heterocycles. The standard InChI is InChI=1S/C19H19N3O2S/c1-13-18(14-6-4-3-5-7-14)21-16(25-13)10-11-20-19(24)15-8-9-17(23)22(2)12-15/h3-9,12H,10-11H2,1-2H3,(H,20,24). The molecule has 0 bridgehead atoms. The highest BCUT2D eigenvalue weighted by atomic mass is 32.1. The van der Waals surface area contributed by atoms with Crippen molar-refractivity contribution in [1.29, 1.82) is 0 Å². The third-order valence-electron chi connectivity index (χ3n) is 3.86. The Labute approximate surface area is 150 Å². The maximum atomic E-state index is 12.1. The summed E-state index contributed by atoms with van der Waals surface area (Å²) in [6.07, 6.45) is 2.22. The molecule has 25 heavy (non-hydrogen) atoms. The van der Waals surface area contributed by atoms with Gasteiger partial charge in [0.15, 0.2) is 0 Å². The summed E-state index contributed by atoms with van der Waals surface area (Å²) in [5, 5.41) is 3.87. The lowest BCUT2D eigenvalue weighted by Gasteiger charge is -2.05. The van der Waals surface area contributed by atoms with Crippen LogP contribution in [0.15, 0.2) is 53.5 Å². The van der Waals surface area contributed by atoms with Crippen LogP contribution in [0.3, 0.4) is 0 Å². The number of aryl methyl sites for hydroxylation is 2. The van der Waals surface area contributed by atoms with Crippen LogP contribution in [0.1, 0.15) is 20.2 Å². The number of thiazole rings is 1. The van der Waals surface area contributed by atoms with Gasteiger partial charge in [0, 0.05) is 42.7 Å². The molecule has 1 aromatic carbocycles. The van der Waals surface area contributed by atoms with Crippen molar-refractivity contribution in [3.63, 3.8) is 0 Å². The highest BCUT2D eigenvalue weighted by Gasteiger charge is 2.11. The minimum absolute atomic E-state index is 0.136. The van der Waals surface area contributed by atoms with Gasteiger partial charge in [0.25, 0.3) is 5.91 Å². The van der Waals surface area contributed by atoms with Crippen molar-refractivity contribution in [3.8, 4) is 11.3 Å². The minimum atomic E-state index is -0.188. The average Bonchev–Trinajstić information content (AvgIpc) is 2.98. The minimum Gasteiger partial charge on any atom is -0.352 e. The number of benzene rings is 1. The second kappa shape index (κ2) is 7.44. The van der Waals surface area contributed by atoms with Crippen LogP contribution in [-0.2, 0) is 13.5 Å². The van der Waals surface area contributed by atoms with Crippen molar-refractivity contribution >= 4 is 17.2 Å². The van der Waals surface area contributed by atoms with E-state index in [9.17, 15) is 9.59 Å². The number of hydrogen-bond acceptors (Lipinski definition) is 4. The maximum absolute atomic E-state index is 12.1. The molecule has 3 aromatic rings. The summed E-state index contributed by atoms with van der Waals surface area (Å²) in [5.74, 6) is -0.188. The first-order chi connectivity index (χ1) is 12.0. The third kappa shape index (κ3) is 4.03. The van der Waals surface area contributed by atoms with Crippen LogP contribution in [0, 0.1) is 6.92 Å². The fraction of sp³-hybridized carbons (Fsp3) is 0.211. The summed E-state index contributed by atoms with van der Waals surface area (Å²) in [6, 6.07) is 13.0. The van der Waals surface area contributed by atoms with Gasteiger partial charge in [-0.25, -0.2) is 4.98 Å². The predicted molar refractivity (Wildman–Crippen MR) is 100 cm³/mol. The van der Waals surface area contributed by atoms with Gasteiger partial charge >= 0.3 is 0 Å². The molecule has 0 aliphatic rings. The number of carbonyl (C=O) groups is 1. The number of amides is 1. The molecule has 0 fully saturated rings. The summed E-state index contributed by atoms with van der Waals surface area (Å²) in [4.78, 5) is 29.4. The number of aromatic nitrogens is 2. The van der Waals surface area contributed by atoms with Gasteiger partial charge in [0.2, 0.25) is 5.56 Å². The second-order valence-corrected chi connectivity index (χ2v) is 7.04. The number of rotatable bonds is 5. The largest absolute Gasteiger partial charge is 0.352 e. The van der Waals surface area contributed by atoms with Crippen molar-refractivity contribution in [2.45, 2.75) is 13.3 Å². The van der Waals surface area contributed by atoms with Crippen molar-refractivity contribution in [2.24, 2.45) is 7.05 Å². The SMILES string of the molecule is Cc1sc(CCNC(=O)c2ccc(=O)n(C)c2)nc1-c1ccccc1. The molecule has 0 saturated heterocycles. The van der Waals surface area contributed by atoms with Gasteiger partial charge in [0.05, 0.1) is 16.3 Å². The zero-order chi connectivity index (χ0) is 17.8. The van der Waals surface area contributed by atoms with Crippen molar-refractivity contribution in [2.75, 3.05) is 6.54 Å². The molecule has 0 saturated carbocycles. The fourth-order valence-corrected chi connectivity index (χ4v) is 3.49. The third-order valence-corrected chi connectivity index (χ3v) is 4.89. The molecule has 0 unspecified atom stereocenters. The normalized spacial score (nSPS) is 10.6. The number of hydrogen-bond donors (Lipinski definition) is 1. The molecule has 128 valence electrons. The first-order valence-electron chi connectivity index (χ1n) is 8.01. The van der Waals surface area contributed by atoms with Crippen LogP contribution < -0.4 is 10.9 Å². The molecule has 0 atom stereocenters. The van der Waals surface area contributed by atoms with Crippen LogP contribution in [0.4, 0.5) is 0 Å². The lowest BCUT2D eigenvalue weighted by atomic mass is 10.1. The smallest absolute Gasteiger partial charge is 0.252 e. The van der Waals surface area contributed by atoms with E-state index in [0.717, 1.165) is 16.3 Å². The molecular formula is C19H19N3O2S. The fourth-order valence-electron chi connectivity index (χ4n) is 2.54. The summed E-state index contributed by atoms with van der Waals surface area (Å²) < 4.78 is 1.39. The van der Waals surface area contributed by atoms with Crippen molar-refractivity contribution in [3.05, 3.63) is 74.5 Å². The summed E-state index contributed by atoms with van der Waals surface area (Å²) in [7, 11) is 1.63. The van der Waals surface area contributed by atoms with Gasteiger partial charge < -0.3 is 9.88 Å². The highest BCUT2D eigenvalue weighted by molar-refractivity contribution is 7.12. The average molecular weight is 353 g/mol. The summed E-state index contributed by atoms with van der Waals surface area (Å²) in [6.45, 7) is 2.56. The Morgan fingerprint density at radius 1 is 1.20 bits per heavy atom. The predicted octanol–water partition coefficient (Wildman–Crippen LogP) is 2.79. The van der Waals surface area contributed by atoms with E-state index < -0.39 is 0 Å². The van der Waals surface area contributed by atoms with E-state index in [1.165, 1.54) is 15.5 Å². The van der Waals surface area contributed by atoms with Gasteiger partial charge in [-0.2, -0.15) is 0 Å². The molecule has 5 nitrogen and oxygen atoms in total. The van der Waals surface area contributed by atoms with Gasteiger partial charge in [0.1, 0.15) is 0 Å². The van der Waals surface area contributed by atoms with Crippen LogP contribution in [-0.4, -0.2) is 22.0 Å². The Hall–Kier alpha value is -2.73. The van der Waals surface area contributed by atoms with Gasteiger partial charge in [-0.05, 0) is 13.0 Å². The van der Waals surface area contributed by atoms with Gasteiger partial charge in [-0.1, -0.05) is 30.3 Å². The molecule has 1 amide bonds. The van der Waals surface area contributed by atoms with E-state index >= 15 is 0 Å². The van der Waals surface area contributed by atoms with E-state index in [1.54, 1.807) is 30.6 Å². The molecule has 0 aliphatic carbocycles. The lowest BCUT2D eigenvalue weighted by Crippen LogP contribution is -2.27. The number of pyridine rings is 1. The molecule has 3 rings (SSSR count). The molecule has 0 spiro atoms. The molecule has 0 radical (unpaired) electrons. The first kappa shape index (κ1) is 17.1. The molecular weight excluding hydrogens is 334 g/mol. The van der Waals surface area contributed by atoms with Gasteiger partial charge in [-0.15, -0.1) is 11.3 Å². The van der Waals surface area contributed by atoms with Crippen LogP contribution in [0.25, 0.3) is 11.3 Å². The van der Waals surface area contributed by atoms with E-state index in [4.69, 9.17) is 4.98 Å². The van der Waals surface area contributed by atoms with Crippen LogP contribution >= 0.6 is 11.3 Å². The second-order valence-electron chi connectivity index (χ2n) is 5.75. The first-order valence-corrected chi connectivity index (χ1v) is 8.83. The Morgan fingerprint density at radius 3 is 2.68 bits per heavy atom. The van der Waals surface area contributed by atoms with E-state index in [0.29, 0.717) is 18.5 Å². The zero-order valence-corrected chi connectivity index (χ0v) is 15.0. The molecule has 0 aliphatic heterocycles. The molecule has 1 N–H and O–H groups in total. The Kier molecular flexibility index (Phi) is 5.09. The summed E-state index contributed by atoms with van der Waals surface area (Å²) >= 11 is 1.65. The number of nitrogens with one attached hydrogen (secondary N) is 1. The maximum Gasteiger partial charge on any atom is 0.252 e. The lowest BCUT2D eigenvalue weighted by molar-refractivity contribution is 0.0953. The molecule has 6 heteroatoms. The van der Waals surface area contributed by atoms with E-state index in [-0.39, 0.29) is 11.5 Å². The molecule has 2 aromatic heterocycles. The Morgan fingerprint density at radius 2 is 1.96 bits per heavy atom. The number of nitrogens with zero attached hydrogens (tertiary/aromatic N) is 2. The Balaban J connectivity index is 1.62. The quantitative estimate of drug-likeness (QED) is 0.767. The monoisotopic (exact) mass is 353 g/mol. The van der Waals surface area contributed by atoms with Gasteiger partial charge in [-0.3, -0.25) is 9.59 Å². The summed E-state index contributed by atoms with van der Waals surface area (Å²) in [5.41, 5.74) is 2.45. The van der Waals surface area contributed by atoms with Crippen LogP contribution in [0.5, 0.6) is 0 Å². The topological polar surface area (TPSA) is 64.0 Å². The Bertz CT molecular complexity index is 945. The van der Waals surface area contributed by atoms with E-state index in [2.05, 4.69) is 12.2 Å². The highest BCUT2D eigenvalue weighted by Crippen LogP contribution is 2.27. The van der Waals surface area contributed by atoms with E-state index in [1.807, 2.05) is 30.3 Å².